The molecule has 0 aromatic carbocycles. The molecule has 1 atom stereocenters. The first-order valence-electron chi connectivity index (χ1n) is 6.74. The van der Waals surface area contributed by atoms with E-state index in [2.05, 4.69) is 24.5 Å². The molecule has 0 rings (SSSR count). The van der Waals surface area contributed by atoms with Crippen LogP contribution in [0.4, 0.5) is 0 Å². The van der Waals surface area contributed by atoms with Crippen molar-refractivity contribution in [1.82, 2.24) is 10.6 Å². The van der Waals surface area contributed by atoms with Crippen molar-refractivity contribution in [3.05, 3.63) is 0 Å². The minimum absolute atomic E-state index is 0.558. The Morgan fingerprint density at radius 2 is 1.81 bits per heavy atom. The molecular formula is C13H30N2O. The third-order valence-corrected chi connectivity index (χ3v) is 2.71. The molecule has 0 saturated heterocycles. The van der Waals surface area contributed by atoms with Gasteiger partial charge in [0, 0.05) is 26.2 Å². The van der Waals surface area contributed by atoms with E-state index in [4.69, 9.17) is 4.74 Å². The molecule has 0 bridgehead atoms. The van der Waals surface area contributed by atoms with Gasteiger partial charge in [0.05, 0.1) is 6.61 Å². The van der Waals surface area contributed by atoms with Gasteiger partial charge in [-0.1, -0.05) is 32.6 Å². The van der Waals surface area contributed by atoms with E-state index in [1.807, 2.05) is 0 Å². The molecule has 0 radical (unpaired) electrons. The Bertz CT molecular complexity index is 131. The quantitative estimate of drug-likeness (QED) is 0.504. The standard InChI is InChI=1S/C13H30N2O/c1-4-5-6-7-8-9-15-13(2)12-14-10-11-16-3/h13-15H,4-12H2,1-3H3. The molecule has 1 unspecified atom stereocenters. The van der Waals surface area contributed by atoms with Gasteiger partial charge in [0.15, 0.2) is 0 Å². The van der Waals surface area contributed by atoms with Gasteiger partial charge in [0.25, 0.3) is 0 Å². The highest BCUT2D eigenvalue weighted by Gasteiger charge is 1.99. The van der Waals surface area contributed by atoms with Gasteiger partial charge in [-0.05, 0) is 19.9 Å². The third kappa shape index (κ3) is 12.0. The predicted octanol–water partition coefficient (Wildman–Crippen LogP) is 2.17. The average molecular weight is 230 g/mol. The second-order valence-corrected chi connectivity index (χ2v) is 4.47. The minimum atomic E-state index is 0.558. The predicted molar refractivity (Wildman–Crippen MR) is 71.0 cm³/mol. The zero-order chi connectivity index (χ0) is 12.1. The zero-order valence-electron chi connectivity index (χ0n) is 11.3. The van der Waals surface area contributed by atoms with Gasteiger partial charge in [-0.3, -0.25) is 0 Å². The lowest BCUT2D eigenvalue weighted by atomic mass is 10.1. The number of hydrogen-bond acceptors (Lipinski definition) is 3. The molecular weight excluding hydrogens is 200 g/mol. The number of unbranched alkanes of at least 4 members (excludes halogenated alkanes) is 4. The second-order valence-electron chi connectivity index (χ2n) is 4.47. The van der Waals surface area contributed by atoms with Gasteiger partial charge in [0.2, 0.25) is 0 Å². The van der Waals surface area contributed by atoms with E-state index >= 15 is 0 Å². The first-order chi connectivity index (χ1) is 7.81. The van der Waals surface area contributed by atoms with Crippen molar-refractivity contribution in [2.24, 2.45) is 0 Å². The summed E-state index contributed by atoms with van der Waals surface area (Å²) in [5.74, 6) is 0. The van der Waals surface area contributed by atoms with Crippen molar-refractivity contribution < 1.29 is 4.74 Å². The molecule has 3 heteroatoms. The topological polar surface area (TPSA) is 33.3 Å². The van der Waals surface area contributed by atoms with Crippen LogP contribution < -0.4 is 10.6 Å². The Labute approximate surface area is 101 Å². The summed E-state index contributed by atoms with van der Waals surface area (Å²) >= 11 is 0. The van der Waals surface area contributed by atoms with Crippen molar-refractivity contribution >= 4 is 0 Å². The Morgan fingerprint density at radius 3 is 2.50 bits per heavy atom. The van der Waals surface area contributed by atoms with Gasteiger partial charge < -0.3 is 15.4 Å². The van der Waals surface area contributed by atoms with Crippen LogP contribution in [0.1, 0.15) is 46.0 Å². The van der Waals surface area contributed by atoms with E-state index in [0.717, 1.165) is 26.2 Å². The fraction of sp³-hybridized carbons (Fsp3) is 1.00. The third-order valence-electron chi connectivity index (χ3n) is 2.71. The van der Waals surface area contributed by atoms with Crippen LogP contribution in [-0.4, -0.2) is 39.4 Å². The molecule has 0 aliphatic rings. The van der Waals surface area contributed by atoms with Crippen LogP contribution in [0.2, 0.25) is 0 Å². The van der Waals surface area contributed by atoms with Crippen LogP contribution >= 0.6 is 0 Å². The van der Waals surface area contributed by atoms with E-state index in [9.17, 15) is 0 Å². The Balaban J connectivity index is 3.08. The fourth-order valence-electron chi connectivity index (χ4n) is 1.64. The molecule has 0 amide bonds. The lowest BCUT2D eigenvalue weighted by molar-refractivity contribution is 0.198. The number of nitrogens with one attached hydrogen (secondary N) is 2. The van der Waals surface area contributed by atoms with Gasteiger partial charge in [-0.25, -0.2) is 0 Å². The number of hydrogen-bond donors (Lipinski definition) is 2. The number of ether oxygens (including phenoxy) is 1. The molecule has 0 saturated carbocycles. The van der Waals surface area contributed by atoms with Gasteiger partial charge in [0.1, 0.15) is 0 Å². The molecule has 0 fully saturated rings. The maximum Gasteiger partial charge on any atom is 0.0587 e. The summed E-state index contributed by atoms with van der Waals surface area (Å²) in [7, 11) is 1.74. The van der Waals surface area contributed by atoms with Crippen molar-refractivity contribution in [2.45, 2.75) is 52.0 Å². The van der Waals surface area contributed by atoms with Crippen LogP contribution in [0.5, 0.6) is 0 Å². The average Bonchev–Trinajstić information content (AvgIpc) is 2.29. The lowest BCUT2D eigenvalue weighted by Crippen LogP contribution is -2.37. The highest BCUT2D eigenvalue weighted by molar-refractivity contribution is 4.63. The fourth-order valence-corrected chi connectivity index (χ4v) is 1.64. The molecule has 0 spiro atoms. The van der Waals surface area contributed by atoms with E-state index in [1.54, 1.807) is 7.11 Å². The van der Waals surface area contributed by atoms with Crippen LogP contribution in [0.3, 0.4) is 0 Å². The zero-order valence-corrected chi connectivity index (χ0v) is 11.3. The van der Waals surface area contributed by atoms with Crippen molar-refractivity contribution in [3.63, 3.8) is 0 Å². The molecule has 16 heavy (non-hydrogen) atoms. The van der Waals surface area contributed by atoms with Crippen LogP contribution in [0, 0.1) is 0 Å². The summed E-state index contributed by atoms with van der Waals surface area (Å²) in [6.07, 6.45) is 6.77. The minimum Gasteiger partial charge on any atom is -0.383 e. The van der Waals surface area contributed by atoms with Crippen LogP contribution in [0.15, 0.2) is 0 Å². The lowest BCUT2D eigenvalue weighted by Gasteiger charge is -2.14. The van der Waals surface area contributed by atoms with E-state index in [0.29, 0.717) is 6.04 Å². The summed E-state index contributed by atoms with van der Waals surface area (Å²) in [5.41, 5.74) is 0. The smallest absolute Gasteiger partial charge is 0.0587 e. The molecule has 0 aliphatic carbocycles. The molecule has 0 heterocycles. The maximum absolute atomic E-state index is 4.98. The van der Waals surface area contributed by atoms with Gasteiger partial charge in [-0.15, -0.1) is 0 Å². The van der Waals surface area contributed by atoms with Crippen molar-refractivity contribution in [2.75, 3.05) is 33.4 Å². The summed E-state index contributed by atoms with van der Waals surface area (Å²) in [5, 5.41) is 6.89. The van der Waals surface area contributed by atoms with Crippen LogP contribution in [0.25, 0.3) is 0 Å². The van der Waals surface area contributed by atoms with E-state index in [-0.39, 0.29) is 0 Å². The monoisotopic (exact) mass is 230 g/mol. The number of methoxy groups -OCH3 is 1. The first kappa shape index (κ1) is 15.9. The largest absolute Gasteiger partial charge is 0.383 e. The molecule has 0 aromatic heterocycles. The molecule has 0 aliphatic heterocycles. The first-order valence-corrected chi connectivity index (χ1v) is 6.74. The van der Waals surface area contributed by atoms with Crippen LogP contribution in [-0.2, 0) is 4.74 Å². The second kappa shape index (κ2) is 12.9. The molecule has 3 nitrogen and oxygen atoms in total. The molecule has 0 aromatic rings. The summed E-state index contributed by atoms with van der Waals surface area (Å²) in [6, 6.07) is 0.558. The summed E-state index contributed by atoms with van der Waals surface area (Å²) < 4.78 is 4.98. The molecule has 98 valence electrons. The highest BCUT2D eigenvalue weighted by Crippen LogP contribution is 2.01. The van der Waals surface area contributed by atoms with Gasteiger partial charge in [-0.2, -0.15) is 0 Å². The van der Waals surface area contributed by atoms with E-state index < -0.39 is 0 Å². The SMILES string of the molecule is CCCCCCCNC(C)CNCCOC. The van der Waals surface area contributed by atoms with Crippen molar-refractivity contribution in [1.29, 1.82) is 0 Å². The normalized spacial score (nSPS) is 12.9. The Hall–Kier alpha value is -0.120. The Kier molecular flexibility index (Phi) is 12.9. The summed E-state index contributed by atoms with van der Waals surface area (Å²) in [4.78, 5) is 0. The van der Waals surface area contributed by atoms with Gasteiger partial charge >= 0.3 is 0 Å². The Morgan fingerprint density at radius 1 is 1.06 bits per heavy atom. The number of rotatable bonds is 12. The maximum atomic E-state index is 4.98. The van der Waals surface area contributed by atoms with Crippen molar-refractivity contribution in [3.8, 4) is 0 Å². The summed E-state index contributed by atoms with van der Waals surface area (Å²) in [6.45, 7) is 8.40. The van der Waals surface area contributed by atoms with E-state index in [1.165, 1.54) is 32.1 Å². The molecule has 2 N–H and O–H groups in total. The highest BCUT2D eigenvalue weighted by atomic mass is 16.5.